The van der Waals surface area contributed by atoms with Gasteiger partial charge >= 0.3 is 0 Å². The summed E-state index contributed by atoms with van der Waals surface area (Å²) in [6, 6.07) is 14.4. The summed E-state index contributed by atoms with van der Waals surface area (Å²) in [5, 5.41) is 1.26. The quantitative estimate of drug-likeness (QED) is 0.621. The van der Waals surface area contributed by atoms with Gasteiger partial charge in [0.2, 0.25) is 0 Å². The van der Waals surface area contributed by atoms with Gasteiger partial charge in [0.25, 0.3) is 0 Å². The summed E-state index contributed by atoms with van der Waals surface area (Å²) in [5.41, 5.74) is 4.77. The molecule has 1 aromatic carbocycles. The molecular weight excluding hydrogens is 312 g/mol. The Hall–Kier alpha value is -2.92. The Balaban J connectivity index is 1.38. The normalized spacial score (nSPS) is 14.7. The van der Waals surface area contributed by atoms with Gasteiger partial charge in [0.15, 0.2) is 11.6 Å². The highest BCUT2D eigenvalue weighted by atomic mass is 16.3. The number of benzene rings is 1. The van der Waals surface area contributed by atoms with Crippen LogP contribution < -0.4 is 0 Å². The number of fused-ring (bicyclic) bond motifs is 2. The fourth-order valence-electron chi connectivity index (χ4n) is 3.48. The Labute approximate surface area is 145 Å². The largest absolute Gasteiger partial charge is 0.461 e. The van der Waals surface area contributed by atoms with E-state index in [0.717, 1.165) is 37.5 Å². The smallest absolute Gasteiger partial charge is 0.195 e. The lowest BCUT2D eigenvalue weighted by Gasteiger charge is -2.27. The highest BCUT2D eigenvalue weighted by molar-refractivity contribution is 5.80. The molecule has 5 rings (SSSR count). The van der Waals surface area contributed by atoms with Crippen LogP contribution in [0.25, 0.3) is 22.5 Å². The van der Waals surface area contributed by atoms with E-state index >= 15 is 0 Å². The standard InChI is InChI=1S/C20H18N4O/c1-2-5-17-14(4-1)10-16(22-17)12-24-8-7-15-11-21-20(23-18(15)13-24)19-6-3-9-25-19/h1-6,9-11,22H,7-8,12-13H2. The molecule has 1 aliphatic heterocycles. The van der Waals surface area contributed by atoms with Crippen LogP contribution in [0.2, 0.25) is 0 Å². The van der Waals surface area contributed by atoms with Gasteiger partial charge in [-0.15, -0.1) is 0 Å². The third-order valence-corrected chi connectivity index (χ3v) is 4.75. The summed E-state index contributed by atoms with van der Waals surface area (Å²) in [5.74, 6) is 1.38. The highest BCUT2D eigenvalue weighted by Gasteiger charge is 2.20. The third kappa shape index (κ3) is 2.72. The first-order chi connectivity index (χ1) is 12.3. The van der Waals surface area contributed by atoms with Gasteiger partial charge in [0.05, 0.1) is 12.0 Å². The molecule has 0 aliphatic carbocycles. The number of aromatic nitrogens is 3. The summed E-state index contributed by atoms with van der Waals surface area (Å²) < 4.78 is 5.42. The van der Waals surface area contributed by atoms with Gasteiger partial charge in [-0.1, -0.05) is 18.2 Å². The predicted octanol–water partition coefficient (Wildman–Crippen LogP) is 3.78. The molecule has 25 heavy (non-hydrogen) atoms. The van der Waals surface area contributed by atoms with E-state index in [9.17, 15) is 0 Å². The molecule has 0 amide bonds. The number of hydrogen-bond acceptors (Lipinski definition) is 4. The molecule has 4 heterocycles. The van der Waals surface area contributed by atoms with Crippen molar-refractivity contribution in [3.05, 3.63) is 71.9 Å². The van der Waals surface area contributed by atoms with Crippen molar-refractivity contribution < 1.29 is 4.42 Å². The molecule has 0 saturated heterocycles. The monoisotopic (exact) mass is 330 g/mol. The Morgan fingerprint density at radius 3 is 3.00 bits per heavy atom. The van der Waals surface area contributed by atoms with Gasteiger partial charge in [-0.3, -0.25) is 4.90 Å². The van der Waals surface area contributed by atoms with Crippen LogP contribution in [0.1, 0.15) is 17.0 Å². The third-order valence-electron chi connectivity index (χ3n) is 4.75. The van der Waals surface area contributed by atoms with E-state index < -0.39 is 0 Å². The van der Waals surface area contributed by atoms with Crippen LogP contribution in [0.3, 0.4) is 0 Å². The molecule has 5 heteroatoms. The van der Waals surface area contributed by atoms with Gasteiger partial charge in [-0.2, -0.15) is 0 Å². The lowest BCUT2D eigenvalue weighted by molar-refractivity contribution is 0.239. The van der Waals surface area contributed by atoms with E-state index in [1.807, 2.05) is 18.3 Å². The SMILES string of the molecule is c1coc(-c2ncc3c(n2)CN(Cc2cc4ccccc4[nH]2)CC3)c1. The predicted molar refractivity (Wildman–Crippen MR) is 95.9 cm³/mol. The van der Waals surface area contributed by atoms with Crippen molar-refractivity contribution in [1.82, 2.24) is 19.9 Å². The number of para-hydroxylation sites is 1. The van der Waals surface area contributed by atoms with Gasteiger partial charge in [-0.05, 0) is 41.6 Å². The van der Waals surface area contributed by atoms with Crippen LogP contribution in [-0.2, 0) is 19.5 Å². The average molecular weight is 330 g/mol. The van der Waals surface area contributed by atoms with Crippen LogP contribution in [0.15, 0.2) is 59.3 Å². The number of rotatable bonds is 3. The molecule has 0 fully saturated rings. The fraction of sp³-hybridized carbons (Fsp3) is 0.200. The van der Waals surface area contributed by atoms with Crippen molar-refractivity contribution in [2.45, 2.75) is 19.5 Å². The summed E-state index contributed by atoms with van der Waals surface area (Å²) in [6.07, 6.45) is 4.58. The minimum absolute atomic E-state index is 0.663. The van der Waals surface area contributed by atoms with E-state index in [2.05, 4.69) is 45.2 Å². The topological polar surface area (TPSA) is 58.0 Å². The van der Waals surface area contributed by atoms with Crippen molar-refractivity contribution in [1.29, 1.82) is 0 Å². The minimum atomic E-state index is 0.663. The zero-order valence-corrected chi connectivity index (χ0v) is 13.8. The number of H-pyrrole nitrogens is 1. The molecule has 124 valence electrons. The maximum absolute atomic E-state index is 5.42. The summed E-state index contributed by atoms with van der Waals surface area (Å²) >= 11 is 0. The molecule has 4 aromatic rings. The van der Waals surface area contributed by atoms with E-state index in [1.165, 1.54) is 22.2 Å². The average Bonchev–Trinajstić information content (AvgIpc) is 3.30. The van der Waals surface area contributed by atoms with Gasteiger partial charge in [0, 0.05) is 37.0 Å². The Morgan fingerprint density at radius 1 is 1.16 bits per heavy atom. The van der Waals surface area contributed by atoms with Gasteiger partial charge < -0.3 is 9.40 Å². The molecule has 0 unspecified atom stereocenters. The number of hydrogen-bond donors (Lipinski definition) is 1. The first-order valence-corrected chi connectivity index (χ1v) is 8.53. The molecule has 3 aromatic heterocycles. The molecule has 1 aliphatic rings. The molecule has 1 N–H and O–H groups in total. The zero-order valence-electron chi connectivity index (χ0n) is 13.8. The second-order valence-corrected chi connectivity index (χ2v) is 6.49. The molecule has 0 saturated carbocycles. The van der Waals surface area contributed by atoms with E-state index in [0.29, 0.717) is 5.82 Å². The molecule has 0 atom stereocenters. The molecular formula is C20H18N4O. The summed E-state index contributed by atoms with van der Waals surface area (Å²) in [4.78, 5) is 15.1. The van der Waals surface area contributed by atoms with E-state index in [4.69, 9.17) is 9.40 Å². The minimum Gasteiger partial charge on any atom is -0.461 e. The summed E-state index contributed by atoms with van der Waals surface area (Å²) in [6.45, 7) is 2.75. The van der Waals surface area contributed by atoms with Crippen LogP contribution in [0.5, 0.6) is 0 Å². The molecule has 0 spiro atoms. The Bertz CT molecular complexity index is 986. The van der Waals surface area contributed by atoms with Gasteiger partial charge in [0.1, 0.15) is 0 Å². The van der Waals surface area contributed by atoms with Crippen LogP contribution in [0.4, 0.5) is 0 Å². The highest BCUT2D eigenvalue weighted by Crippen LogP contribution is 2.23. The van der Waals surface area contributed by atoms with Crippen LogP contribution >= 0.6 is 0 Å². The van der Waals surface area contributed by atoms with Crippen molar-refractivity contribution in [3.8, 4) is 11.6 Å². The first-order valence-electron chi connectivity index (χ1n) is 8.53. The number of nitrogens with one attached hydrogen (secondary N) is 1. The van der Waals surface area contributed by atoms with Crippen molar-refractivity contribution in [2.75, 3.05) is 6.54 Å². The van der Waals surface area contributed by atoms with Gasteiger partial charge in [-0.25, -0.2) is 9.97 Å². The maximum atomic E-state index is 5.42. The summed E-state index contributed by atoms with van der Waals surface area (Å²) in [7, 11) is 0. The molecule has 0 radical (unpaired) electrons. The maximum Gasteiger partial charge on any atom is 0.195 e. The van der Waals surface area contributed by atoms with E-state index in [-0.39, 0.29) is 0 Å². The van der Waals surface area contributed by atoms with E-state index in [1.54, 1.807) is 6.26 Å². The molecule has 5 nitrogen and oxygen atoms in total. The van der Waals surface area contributed by atoms with Crippen molar-refractivity contribution in [3.63, 3.8) is 0 Å². The van der Waals surface area contributed by atoms with Crippen molar-refractivity contribution >= 4 is 10.9 Å². The fourth-order valence-corrected chi connectivity index (χ4v) is 3.48. The lowest BCUT2D eigenvalue weighted by atomic mass is 10.1. The lowest BCUT2D eigenvalue weighted by Crippen LogP contribution is -2.31. The second kappa shape index (κ2) is 5.86. The first kappa shape index (κ1) is 14.4. The number of nitrogens with zero attached hydrogens (tertiary/aromatic N) is 3. The second-order valence-electron chi connectivity index (χ2n) is 6.49. The number of aromatic amines is 1. The Morgan fingerprint density at radius 2 is 2.12 bits per heavy atom. The zero-order chi connectivity index (χ0) is 16.6. The van der Waals surface area contributed by atoms with Crippen LogP contribution in [-0.4, -0.2) is 26.4 Å². The Kier molecular flexibility index (Phi) is 3.38. The van der Waals surface area contributed by atoms with Crippen molar-refractivity contribution in [2.24, 2.45) is 0 Å². The van der Waals surface area contributed by atoms with Crippen LogP contribution in [0, 0.1) is 0 Å². The molecule has 0 bridgehead atoms. The number of furan rings is 1.